The molecule has 1 heterocycles. The molecule has 1 amide bonds. The van der Waals surface area contributed by atoms with E-state index in [0.717, 1.165) is 18.9 Å². The summed E-state index contributed by atoms with van der Waals surface area (Å²) in [5, 5.41) is 0.282. The van der Waals surface area contributed by atoms with Crippen LogP contribution < -0.4 is 4.74 Å². The maximum Gasteiger partial charge on any atom is 0.417 e. The second kappa shape index (κ2) is 9.60. The van der Waals surface area contributed by atoms with Crippen LogP contribution in [0.15, 0.2) is 36.4 Å². The zero-order valence-corrected chi connectivity index (χ0v) is 17.6. The monoisotopic (exact) mass is 455 g/mol. The molecule has 2 aromatic rings. The summed E-state index contributed by atoms with van der Waals surface area (Å²) >= 11 is 6.05. The number of nitrogens with zero attached hydrogens (tertiary/aromatic N) is 1. The highest BCUT2D eigenvalue weighted by Crippen LogP contribution is 2.39. The number of alkyl halides is 3. The predicted molar refractivity (Wildman–Crippen MR) is 109 cm³/mol. The summed E-state index contributed by atoms with van der Waals surface area (Å²) in [6.45, 7) is 2.31. The Bertz CT molecular complexity index is 972. The molecule has 0 bridgehead atoms. The molecule has 0 aromatic heterocycles. The van der Waals surface area contributed by atoms with Crippen molar-refractivity contribution in [2.24, 2.45) is 0 Å². The average Bonchev–Trinajstić information content (AvgIpc) is 3.26. The standard InChI is InChI=1S/C22H21ClF3NO4/c1-2-30-20(28)13-31-19-8-6-15(23)12-17(19)14-5-7-16(18(11-14)22(24,25)26)21(29)27-9-3-4-10-27/h5-8,11-12H,2-4,9-10,13H2,1H3. The summed E-state index contributed by atoms with van der Waals surface area (Å²) in [7, 11) is 0. The van der Waals surface area contributed by atoms with Gasteiger partial charge in [-0.25, -0.2) is 4.79 Å². The van der Waals surface area contributed by atoms with E-state index in [4.69, 9.17) is 21.1 Å². The zero-order valence-electron chi connectivity index (χ0n) is 16.8. The summed E-state index contributed by atoms with van der Waals surface area (Å²) < 4.78 is 51.7. The van der Waals surface area contributed by atoms with E-state index >= 15 is 0 Å². The second-order valence-electron chi connectivity index (χ2n) is 6.99. The van der Waals surface area contributed by atoms with Crippen LogP contribution in [0.4, 0.5) is 13.2 Å². The van der Waals surface area contributed by atoms with E-state index in [1.54, 1.807) is 6.92 Å². The molecule has 5 nitrogen and oxygen atoms in total. The van der Waals surface area contributed by atoms with Crippen molar-refractivity contribution in [3.8, 4) is 16.9 Å². The van der Waals surface area contributed by atoms with Crippen LogP contribution in [0.1, 0.15) is 35.7 Å². The highest BCUT2D eigenvalue weighted by atomic mass is 35.5. The summed E-state index contributed by atoms with van der Waals surface area (Å²) in [5.41, 5.74) is -0.999. The van der Waals surface area contributed by atoms with Gasteiger partial charge in [-0.15, -0.1) is 0 Å². The van der Waals surface area contributed by atoms with Crippen molar-refractivity contribution in [2.45, 2.75) is 25.9 Å². The molecule has 0 atom stereocenters. The van der Waals surface area contributed by atoms with Crippen LogP contribution in [0, 0.1) is 0 Å². The van der Waals surface area contributed by atoms with Crippen molar-refractivity contribution in [2.75, 3.05) is 26.3 Å². The molecule has 1 aliphatic rings. The molecule has 0 radical (unpaired) electrons. The molecule has 166 valence electrons. The summed E-state index contributed by atoms with van der Waals surface area (Å²) in [6.07, 6.45) is -3.19. The lowest BCUT2D eigenvalue weighted by Gasteiger charge is -2.20. The fourth-order valence-electron chi connectivity index (χ4n) is 3.42. The van der Waals surface area contributed by atoms with Crippen LogP contribution in [0.5, 0.6) is 5.75 Å². The third kappa shape index (κ3) is 5.50. The van der Waals surface area contributed by atoms with Crippen molar-refractivity contribution in [1.82, 2.24) is 4.90 Å². The lowest BCUT2D eigenvalue weighted by Crippen LogP contribution is -2.29. The molecule has 2 aromatic carbocycles. The maximum absolute atomic E-state index is 13.8. The number of halogens is 4. The number of likely N-dealkylation sites (tertiary alicyclic amines) is 1. The highest BCUT2D eigenvalue weighted by Gasteiger charge is 2.37. The zero-order chi connectivity index (χ0) is 22.6. The smallest absolute Gasteiger partial charge is 0.417 e. The van der Waals surface area contributed by atoms with Crippen LogP contribution in [-0.4, -0.2) is 43.1 Å². The van der Waals surface area contributed by atoms with E-state index in [2.05, 4.69) is 0 Å². The SMILES string of the molecule is CCOC(=O)COc1ccc(Cl)cc1-c1ccc(C(=O)N2CCCC2)c(C(F)(F)F)c1. The predicted octanol–water partition coefficient (Wildman–Crippen LogP) is 5.20. The Morgan fingerprint density at radius 3 is 2.45 bits per heavy atom. The summed E-state index contributed by atoms with van der Waals surface area (Å²) in [4.78, 5) is 25.7. The normalized spacial score (nSPS) is 13.9. The lowest BCUT2D eigenvalue weighted by molar-refractivity contribution is -0.145. The second-order valence-corrected chi connectivity index (χ2v) is 7.43. The van der Waals surface area contributed by atoms with Crippen molar-refractivity contribution in [3.63, 3.8) is 0 Å². The van der Waals surface area contributed by atoms with E-state index in [-0.39, 0.29) is 28.5 Å². The Hall–Kier alpha value is -2.74. The first kappa shape index (κ1) is 22.9. The number of rotatable bonds is 6. The van der Waals surface area contributed by atoms with Gasteiger partial charge in [0.2, 0.25) is 0 Å². The Morgan fingerprint density at radius 1 is 1.10 bits per heavy atom. The number of carbonyl (C=O) groups excluding carboxylic acids is 2. The number of ether oxygens (including phenoxy) is 2. The molecule has 1 saturated heterocycles. The minimum absolute atomic E-state index is 0.159. The van der Waals surface area contributed by atoms with Gasteiger partial charge in [0, 0.05) is 23.7 Å². The van der Waals surface area contributed by atoms with Crippen LogP contribution in [0.25, 0.3) is 11.1 Å². The molecule has 0 spiro atoms. The maximum atomic E-state index is 13.8. The van der Waals surface area contributed by atoms with Crippen molar-refractivity contribution in [3.05, 3.63) is 52.5 Å². The average molecular weight is 456 g/mol. The van der Waals surface area contributed by atoms with Crippen molar-refractivity contribution < 1.29 is 32.2 Å². The van der Waals surface area contributed by atoms with Crippen LogP contribution in [0.2, 0.25) is 5.02 Å². The molecular formula is C22H21ClF3NO4. The van der Waals surface area contributed by atoms with Crippen molar-refractivity contribution >= 4 is 23.5 Å². The summed E-state index contributed by atoms with van der Waals surface area (Å²) in [5.74, 6) is -1.07. The van der Waals surface area contributed by atoms with Crippen molar-refractivity contribution in [1.29, 1.82) is 0 Å². The van der Waals surface area contributed by atoms with Crippen LogP contribution >= 0.6 is 11.6 Å². The fraction of sp³-hybridized carbons (Fsp3) is 0.364. The third-order valence-corrected chi connectivity index (χ3v) is 5.09. The van der Waals surface area contributed by atoms with Crippen LogP contribution in [0.3, 0.4) is 0 Å². The minimum atomic E-state index is -4.73. The first-order valence-corrected chi connectivity index (χ1v) is 10.2. The third-order valence-electron chi connectivity index (χ3n) is 4.85. The Labute approximate surface area is 182 Å². The molecule has 1 aliphatic heterocycles. The number of hydrogen-bond donors (Lipinski definition) is 0. The van der Waals surface area contributed by atoms with E-state index < -0.39 is 35.8 Å². The molecule has 0 unspecified atom stereocenters. The van der Waals surface area contributed by atoms with Gasteiger partial charge in [0.05, 0.1) is 17.7 Å². The van der Waals surface area contributed by atoms with E-state index in [9.17, 15) is 22.8 Å². The number of esters is 1. The van der Waals surface area contributed by atoms with Gasteiger partial charge < -0.3 is 14.4 Å². The Balaban J connectivity index is 2.00. The lowest BCUT2D eigenvalue weighted by atomic mass is 9.97. The summed E-state index contributed by atoms with van der Waals surface area (Å²) in [6, 6.07) is 7.91. The van der Waals surface area contributed by atoms with Gasteiger partial charge in [-0.3, -0.25) is 4.79 Å². The van der Waals surface area contributed by atoms with E-state index in [0.29, 0.717) is 13.1 Å². The molecular weight excluding hydrogens is 435 g/mol. The van der Waals surface area contributed by atoms with Gasteiger partial charge in [0.25, 0.3) is 5.91 Å². The number of carbonyl (C=O) groups is 2. The Morgan fingerprint density at radius 2 is 1.81 bits per heavy atom. The van der Waals surface area contributed by atoms with Gasteiger partial charge >= 0.3 is 12.1 Å². The first-order valence-electron chi connectivity index (χ1n) is 9.79. The molecule has 3 rings (SSSR count). The molecule has 9 heteroatoms. The number of hydrogen-bond acceptors (Lipinski definition) is 4. The number of benzene rings is 2. The largest absolute Gasteiger partial charge is 0.481 e. The number of amides is 1. The van der Waals surface area contributed by atoms with Gasteiger partial charge in [-0.1, -0.05) is 17.7 Å². The van der Waals surface area contributed by atoms with E-state index in [1.807, 2.05) is 0 Å². The Kier molecular flexibility index (Phi) is 7.10. The van der Waals surface area contributed by atoms with Crippen LogP contribution in [-0.2, 0) is 15.7 Å². The van der Waals surface area contributed by atoms with Gasteiger partial charge in [0.1, 0.15) is 5.75 Å². The molecule has 1 fully saturated rings. The quantitative estimate of drug-likeness (QED) is 0.561. The first-order chi connectivity index (χ1) is 14.7. The fourth-order valence-corrected chi connectivity index (χ4v) is 3.59. The molecule has 0 N–H and O–H groups in total. The molecule has 0 aliphatic carbocycles. The van der Waals surface area contributed by atoms with Gasteiger partial charge in [-0.2, -0.15) is 13.2 Å². The topological polar surface area (TPSA) is 55.8 Å². The molecule has 31 heavy (non-hydrogen) atoms. The van der Waals surface area contributed by atoms with Gasteiger partial charge in [-0.05, 0) is 55.7 Å². The van der Waals surface area contributed by atoms with E-state index in [1.165, 1.54) is 35.2 Å². The minimum Gasteiger partial charge on any atom is -0.481 e. The highest BCUT2D eigenvalue weighted by molar-refractivity contribution is 6.31. The molecule has 0 saturated carbocycles. The van der Waals surface area contributed by atoms with Gasteiger partial charge in [0.15, 0.2) is 6.61 Å².